The minimum Gasteiger partial charge on any atom is -0.357 e. The molecular weight excluding hydrogens is 272 g/mol. The van der Waals surface area contributed by atoms with Crippen LogP contribution >= 0.6 is 0 Å². The van der Waals surface area contributed by atoms with Gasteiger partial charge in [0.25, 0.3) is 0 Å². The van der Waals surface area contributed by atoms with Crippen molar-refractivity contribution in [1.82, 2.24) is 15.2 Å². The van der Waals surface area contributed by atoms with E-state index in [0.29, 0.717) is 0 Å². The Morgan fingerprint density at radius 1 is 1.27 bits per heavy atom. The predicted octanol–water partition coefficient (Wildman–Crippen LogP) is 2.71. The molecule has 3 rings (SSSR count). The van der Waals surface area contributed by atoms with E-state index in [-0.39, 0.29) is 0 Å². The fraction of sp³-hybridized carbons (Fsp3) is 0.667. The molecule has 2 atom stereocenters. The molecule has 120 valence electrons. The predicted molar refractivity (Wildman–Crippen MR) is 90.9 cm³/mol. The molecule has 0 spiro atoms. The molecule has 1 aromatic heterocycles. The zero-order valence-electron chi connectivity index (χ0n) is 13.7. The lowest BCUT2D eigenvalue weighted by atomic mass is 9.82. The van der Waals surface area contributed by atoms with Crippen LogP contribution in [-0.2, 0) is 6.42 Å². The van der Waals surface area contributed by atoms with Gasteiger partial charge in [0, 0.05) is 44.5 Å². The summed E-state index contributed by atoms with van der Waals surface area (Å²) in [5, 5.41) is 3.48. The molecule has 2 fully saturated rings. The molecule has 1 aliphatic heterocycles. The van der Waals surface area contributed by atoms with Gasteiger partial charge in [-0.05, 0) is 43.7 Å². The number of hydrogen-bond acceptors (Lipinski definition) is 2. The van der Waals surface area contributed by atoms with Gasteiger partial charge in [-0.15, -0.1) is 0 Å². The number of aromatic nitrogens is 1. The van der Waals surface area contributed by atoms with E-state index >= 15 is 0 Å². The monoisotopic (exact) mass is 300 g/mol. The summed E-state index contributed by atoms with van der Waals surface area (Å²) in [5.41, 5.74) is 1.12. The first-order valence-corrected chi connectivity index (χ1v) is 8.80. The summed E-state index contributed by atoms with van der Waals surface area (Å²) >= 11 is 0. The highest BCUT2D eigenvalue weighted by Crippen LogP contribution is 2.35. The number of guanidine groups is 1. The van der Waals surface area contributed by atoms with Gasteiger partial charge in [-0.2, -0.15) is 0 Å². The van der Waals surface area contributed by atoms with E-state index in [2.05, 4.69) is 28.2 Å². The van der Waals surface area contributed by atoms with Crippen molar-refractivity contribution in [2.24, 2.45) is 16.8 Å². The number of likely N-dealkylation sites (tertiary alicyclic amines) is 1. The van der Waals surface area contributed by atoms with Gasteiger partial charge in [-0.3, -0.25) is 9.98 Å². The lowest BCUT2D eigenvalue weighted by Gasteiger charge is -2.22. The highest BCUT2D eigenvalue weighted by molar-refractivity contribution is 5.80. The topological polar surface area (TPSA) is 40.5 Å². The van der Waals surface area contributed by atoms with Gasteiger partial charge in [0.2, 0.25) is 0 Å². The van der Waals surface area contributed by atoms with Crippen molar-refractivity contribution in [2.45, 2.75) is 39.0 Å². The van der Waals surface area contributed by atoms with Crippen molar-refractivity contribution in [1.29, 1.82) is 0 Å². The van der Waals surface area contributed by atoms with Crippen molar-refractivity contribution >= 4 is 5.96 Å². The molecule has 0 amide bonds. The van der Waals surface area contributed by atoms with E-state index in [9.17, 15) is 0 Å². The average Bonchev–Trinajstić information content (AvgIpc) is 2.99. The van der Waals surface area contributed by atoms with Crippen LogP contribution in [-0.4, -0.2) is 42.0 Å². The minimum absolute atomic E-state index is 0.811. The van der Waals surface area contributed by atoms with Crippen molar-refractivity contribution in [3.63, 3.8) is 0 Å². The average molecular weight is 300 g/mol. The van der Waals surface area contributed by atoms with Crippen LogP contribution in [0.4, 0.5) is 0 Å². The molecule has 2 unspecified atom stereocenters. The number of pyridine rings is 1. The second-order valence-corrected chi connectivity index (χ2v) is 6.52. The summed E-state index contributed by atoms with van der Waals surface area (Å²) in [6.07, 6.45) is 8.43. The molecule has 22 heavy (non-hydrogen) atoms. The maximum Gasteiger partial charge on any atom is 0.193 e. The third-order valence-corrected chi connectivity index (χ3v) is 4.97. The molecule has 4 heteroatoms. The Morgan fingerprint density at radius 2 is 2.05 bits per heavy atom. The molecule has 1 N–H and O–H groups in total. The smallest absolute Gasteiger partial charge is 0.193 e. The van der Waals surface area contributed by atoms with Gasteiger partial charge in [0.05, 0.1) is 0 Å². The summed E-state index contributed by atoms with van der Waals surface area (Å²) in [5.74, 6) is 2.90. The van der Waals surface area contributed by atoms with Crippen molar-refractivity contribution < 1.29 is 0 Å². The normalized spacial score (nSPS) is 25.1. The third kappa shape index (κ3) is 3.79. The second-order valence-electron chi connectivity index (χ2n) is 6.52. The van der Waals surface area contributed by atoms with Crippen molar-refractivity contribution in [3.05, 3.63) is 30.1 Å². The zero-order valence-corrected chi connectivity index (χ0v) is 13.7. The Morgan fingerprint density at radius 3 is 2.68 bits per heavy atom. The summed E-state index contributed by atoms with van der Waals surface area (Å²) < 4.78 is 0. The van der Waals surface area contributed by atoms with Crippen LogP contribution in [0.15, 0.2) is 29.4 Å². The molecule has 1 saturated heterocycles. The lowest BCUT2D eigenvalue weighted by Crippen LogP contribution is -2.40. The Kier molecular flexibility index (Phi) is 5.30. The maximum absolute atomic E-state index is 4.84. The van der Waals surface area contributed by atoms with Crippen molar-refractivity contribution in [3.8, 4) is 0 Å². The maximum atomic E-state index is 4.84. The van der Waals surface area contributed by atoms with Crippen LogP contribution in [0.25, 0.3) is 0 Å². The highest BCUT2D eigenvalue weighted by Gasteiger charge is 2.35. The van der Waals surface area contributed by atoms with E-state index < -0.39 is 0 Å². The van der Waals surface area contributed by atoms with Gasteiger partial charge in [-0.1, -0.05) is 18.9 Å². The number of fused-ring (bicyclic) bond motifs is 1. The fourth-order valence-corrected chi connectivity index (χ4v) is 3.83. The molecular formula is C18H28N4. The van der Waals surface area contributed by atoms with Gasteiger partial charge in [-0.25, -0.2) is 0 Å². The Labute approximate surface area is 134 Å². The van der Waals surface area contributed by atoms with Crippen LogP contribution in [0.3, 0.4) is 0 Å². The SMILES string of the molecule is CCNC(=NCCc1ccccn1)N1CC2CCCCC2C1. The number of hydrogen-bond donors (Lipinski definition) is 1. The first-order valence-electron chi connectivity index (χ1n) is 8.80. The number of nitrogens with zero attached hydrogens (tertiary/aromatic N) is 3. The molecule has 1 saturated carbocycles. The van der Waals surface area contributed by atoms with Gasteiger partial charge >= 0.3 is 0 Å². The summed E-state index contributed by atoms with van der Waals surface area (Å²) in [4.78, 5) is 11.7. The Hall–Kier alpha value is -1.58. The molecule has 1 aromatic rings. The Bertz CT molecular complexity index is 471. The van der Waals surface area contributed by atoms with E-state index in [1.807, 2.05) is 18.3 Å². The van der Waals surface area contributed by atoms with Gasteiger partial charge in [0.15, 0.2) is 5.96 Å². The largest absolute Gasteiger partial charge is 0.357 e. The van der Waals surface area contributed by atoms with E-state index in [0.717, 1.165) is 43.0 Å². The lowest BCUT2D eigenvalue weighted by molar-refractivity contribution is 0.299. The summed E-state index contributed by atoms with van der Waals surface area (Å²) in [6, 6.07) is 6.08. The summed E-state index contributed by atoms with van der Waals surface area (Å²) in [6.45, 7) is 6.29. The zero-order chi connectivity index (χ0) is 15.2. The minimum atomic E-state index is 0.811. The van der Waals surface area contributed by atoms with Crippen LogP contribution in [0.5, 0.6) is 0 Å². The van der Waals surface area contributed by atoms with Crippen LogP contribution in [0, 0.1) is 11.8 Å². The molecule has 0 aromatic carbocycles. The van der Waals surface area contributed by atoms with Gasteiger partial charge in [0.1, 0.15) is 0 Å². The van der Waals surface area contributed by atoms with Crippen LogP contribution in [0.2, 0.25) is 0 Å². The molecule has 1 aliphatic carbocycles. The summed E-state index contributed by atoms with van der Waals surface area (Å²) in [7, 11) is 0. The molecule has 0 bridgehead atoms. The van der Waals surface area contributed by atoms with Gasteiger partial charge < -0.3 is 10.2 Å². The standard InChI is InChI=1S/C18H28N4/c1-2-19-18(21-12-10-17-9-5-6-11-20-17)22-13-15-7-3-4-8-16(15)14-22/h5-6,9,11,15-16H,2-4,7-8,10,12-14H2,1H3,(H,19,21). The molecule has 0 radical (unpaired) electrons. The highest BCUT2D eigenvalue weighted by atomic mass is 15.3. The number of nitrogens with one attached hydrogen (secondary N) is 1. The van der Waals surface area contributed by atoms with Crippen LogP contribution < -0.4 is 5.32 Å². The van der Waals surface area contributed by atoms with E-state index in [1.165, 1.54) is 38.8 Å². The number of rotatable bonds is 4. The fourth-order valence-electron chi connectivity index (χ4n) is 3.83. The molecule has 2 aliphatic rings. The molecule has 4 nitrogen and oxygen atoms in total. The third-order valence-electron chi connectivity index (χ3n) is 4.97. The first-order chi connectivity index (χ1) is 10.9. The van der Waals surface area contributed by atoms with Crippen LogP contribution in [0.1, 0.15) is 38.3 Å². The Balaban J connectivity index is 1.58. The first kappa shape index (κ1) is 15.3. The quantitative estimate of drug-likeness (QED) is 0.686. The molecule has 2 heterocycles. The van der Waals surface area contributed by atoms with E-state index in [1.54, 1.807) is 0 Å². The van der Waals surface area contributed by atoms with Crippen molar-refractivity contribution in [2.75, 3.05) is 26.2 Å². The van der Waals surface area contributed by atoms with E-state index in [4.69, 9.17) is 4.99 Å². The number of aliphatic imine (C=N–C) groups is 1. The second kappa shape index (κ2) is 7.61.